The van der Waals surface area contributed by atoms with Gasteiger partial charge in [-0.25, -0.2) is 0 Å². The Bertz CT molecular complexity index is 826. The molecular formula is C21H28N2O4. The van der Waals surface area contributed by atoms with Gasteiger partial charge in [0.1, 0.15) is 13.2 Å². The third-order valence-corrected chi connectivity index (χ3v) is 4.92. The molecule has 0 saturated heterocycles. The highest BCUT2D eigenvalue weighted by Gasteiger charge is 2.25. The van der Waals surface area contributed by atoms with E-state index in [2.05, 4.69) is 11.5 Å². The molecular weight excluding hydrogens is 344 g/mol. The molecule has 1 aromatic heterocycles. The molecule has 0 bridgehead atoms. The molecule has 3 rings (SSSR count). The van der Waals surface area contributed by atoms with Crippen LogP contribution in [0.2, 0.25) is 0 Å². The van der Waals surface area contributed by atoms with Crippen LogP contribution in [0.15, 0.2) is 18.2 Å². The minimum atomic E-state index is -0.407. The lowest BCUT2D eigenvalue weighted by Crippen LogP contribution is -2.15. The van der Waals surface area contributed by atoms with Gasteiger partial charge in [-0.3, -0.25) is 4.79 Å². The second kappa shape index (κ2) is 8.48. The maximum absolute atomic E-state index is 12.3. The zero-order valence-corrected chi connectivity index (χ0v) is 16.3. The fraction of sp³-hybridized carbons (Fsp3) is 0.476. The van der Waals surface area contributed by atoms with Gasteiger partial charge < -0.3 is 24.5 Å². The summed E-state index contributed by atoms with van der Waals surface area (Å²) in [4.78, 5) is 12.3. The van der Waals surface area contributed by atoms with E-state index in [1.54, 1.807) is 0 Å². The highest BCUT2D eigenvalue weighted by molar-refractivity contribution is 6.02. The third kappa shape index (κ3) is 3.81. The molecule has 0 spiro atoms. The van der Waals surface area contributed by atoms with Gasteiger partial charge in [-0.1, -0.05) is 13.0 Å². The van der Waals surface area contributed by atoms with E-state index in [1.807, 2.05) is 32.0 Å². The van der Waals surface area contributed by atoms with Crippen molar-refractivity contribution in [2.45, 2.75) is 40.2 Å². The number of fused-ring (bicyclic) bond motifs is 1. The first-order valence-corrected chi connectivity index (χ1v) is 9.57. The summed E-state index contributed by atoms with van der Waals surface area (Å²) in [5.74, 6) is 1.03. The summed E-state index contributed by atoms with van der Waals surface area (Å²) in [5.41, 5.74) is 10.2. The molecule has 0 saturated carbocycles. The topological polar surface area (TPSA) is 75.7 Å². The zero-order valence-electron chi connectivity index (χ0n) is 16.3. The Labute approximate surface area is 160 Å². The van der Waals surface area contributed by atoms with Crippen molar-refractivity contribution < 1.29 is 19.0 Å². The molecule has 2 N–H and O–H groups in total. The van der Waals surface area contributed by atoms with Gasteiger partial charge in [0.05, 0.1) is 5.56 Å². The van der Waals surface area contributed by atoms with Crippen molar-refractivity contribution in [3.05, 3.63) is 35.2 Å². The minimum Gasteiger partial charge on any atom is -0.486 e. The van der Waals surface area contributed by atoms with Crippen LogP contribution >= 0.6 is 0 Å². The van der Waals surface area contributed by atoms with E-state index in [-0.39, 0.29) is 0 Å². The highest BCUT2D eigenvalue weighted by Crippen LogP contribution is 2.39. The van der Waals surface area contributed by atoms with Crippen molar-refractivity contribution in [3.63, 3.8) is 0 Å². The van der Waals surface area contributed by atoms with E-state index < -0.39 is 5.91 Å². The van der Waals surface area contributed by atoms with E-state index in [0.717, 1.165) is 47.7 Å². The van der Waals surface area contributed by atoms with Crippen LogP contribution in [0, 0.1) is 6.92 Å². The summed E-state index contributed by atoms with van der Waals surface area (Å²) in [6.45, 7) is 9.32. The van der Waals surface area contributed by atoms with Crippen molar-refractivity contribution in [2.75, 3.05) is 26.4 Å². The molecule has 1 aliphatic rings. The number of aromatic nitrogens is 1. The molecule has 1 amide bonds. The molecule has 146 valence electrons. The average molecular weight is 372 g/mol. The second-order valence-electron chi connectivity index (χ2n) is 6.56. The monoisotopic (exact) mass is 372 g/mol. The van der Waals surface area contributed by atoms with Crippen LogP contribution in [-0.2, 0) is 17.7 Å². The fourth-order valence-corrected chi connectivity index (χ4v) is 3.75. The van der Waals surface area contributed by atoms with Gasteiger partial charge in [0.2, 0.25) is 0 Å². The number of carbonyl (C=O) groups excluding carboxylic acids is 1. The number of rotatable bonds is 8. The van der Waals surface area contributed by atoms with Crippen LogP contribution in [0.5, 0.6) is 11.5 Å². The number of nitrogens with zero attached hydrogens (tertiary/aromatic N) is 1. The summed E-state index contributed by atoms with van der Waals surface area (Å²) >= 11 is 0. The lowest BCUT2D eigenvalue weighted by atomic mass is 9.98. The smallest absolute Gasteiger partial charge is 0.251 e. The average Bonchev–Trinajstić information content (AvgIpc) is 2.96. The van der Waals surface area contributed by atoms with Crippen LogP contribution in [-0.4, -0.2) is 36.9 Å². The van der Waals surface area contributed by atoms with E-state index in [4.69, 9.17) is 19.9 Å². The SMILES string of the molecule is CCOCCCn1c(C)c(C(N)=O)c(-c2ccc3c(c2)OCCO3)c1CC. The van der Waals surface area contributed by atoms with Crippen molar-refractivity contribution in [3.8, 4) is 22.6 Å². The standard InChI is InChI=1S/C21H28N2O4/c1-4-16-20(15-7-8-17-18(13-15)27-12-11-26-17)19(21(22)24)14(3)23(16)9-6-10-25-5-2/h7-8,13H,4-6,9-12H2,1-3H3,(H2,22,24). The molecule has 27 heavy (non-hydrogen) atoms. The summed E-state index contributed by atoms with van der Waals surface area (Å²) < 4.78 is 19.0. The van der Waals surface area contributed by atoms with Crippen molar-refractivity contribution in [1.29, 1.82) is 0 Å². The molecule has 2 aromatic rings. The quantitative estimate of drug-likeness (QED) is 0.721. The second-order valence-corrected chi connectivity index (χ2v) is 6.56. The number of ether oxygens (including phenoxy) is 3. The molecule has 0 unspecified atom stereocenters. The Hall–Kier alpha value is -2.47. The van der Waals surface area contributed by atoms with Gasteiger partial charge in [-0.2, -0.15) is 0 Å². The number of amides is 1. The molecule has 2 heterocycles. The summed E-state index contributed by atoms with van der Waals surface area (Å²) in [5, 5.41) is 0. The first-order chi connectivity index (χ1) is 13.1. The van der Waals surface area contributed by atoms with E-state index in [0.29, 0.717) is 37.7 Å². The van der Waals surface area contributed by atoms with Crippen molar-refractivity contribution >= 4 is 5.91 Å². The van der Waals surface area contributed by atoms with Crippen LogP contribution in [0.3, 0.4) is 0 Å². The zero-order chi connectivity index (χ0) is 19.4. The molecule has 0 aliphatic carbocycles. The van der Waals surface area contributed by atoms with Gasteiger partial charge in [0, 0.05) is 36.7 Å². The van der Waals surface area contributed by atoms with Gasteiger partial charge in [0.15, 0.2) is 11.5 Å². The van der Waals surface area contributed by atoms with Gasteiger partial charge >= 0.3 is 0 Å². The predicted molar refractivity (Wildman–Crippen MR) is 105 cm³/mol. The van der Waals surface area contributed by atoms with Crippen molar-refractivity contribution in [2.24, 2.45) is 5.73 Å². The number of benzene rings is 1. The largest absolute Gasteiger partial charge is 0.486 e. The third-order valence-electron chi connectivity index (χ3n) is 4.92. The molecule has 0 radical (unpaired) electrons. The van der Waals surface area contributed by atoms with E-state index >= 15 is 0 Å². The van der Waals surface area contributed by atoms with Crippen LogP contribution in [0.4, 0.5) is 0 Å². The Balaban J connectivity index is 2.06. The highest BCUT2D eigenvalue weighted by atomic mass is 16.6. The maximum Gasteiger partial charge on any atom is 0.251 e. The lowest BCUT2D eigenvalue weighted by Gasteiger charge is -2.19. The summed E-state index contributed by atoms with van der Waals surface area (Å²) in [6.07, 6.45) is 1.68. The molecule has 6 heteroatoms. The number of hydrogen-bond donors (Lipinski definition) is 1. The first kappa shape index (κ1) is 19.3. The molecule has 1 aromatic carbocycles. The first-order valence-electron chi connectivity index (χ1n) is 9.57. The fourth-order valence-electron chi connectivity index (χ4n) is 3.75. The summed E-state index contributed by atoms with van der Waals surface area (Å²) in [7, 11) is 0. The normalized spacial score (nSPS) is 13.0. The predicted octanol–water partition coefficient (Wildman–Crippen LogP) is 3.32. The Morgan fingerprint density at radius 2 is 1.96 bits per heavy atom. The van der Waals surface area contributed by atoms with Gasteiger partial charge in [-0.05, 0) is 44.4 Å². The minimum absolute atomic E-state index is 0.407. The number of nitrogens with two attached hydrogens (primary N) is 1. The molecule has 0 fully saturated rings. The molecule has 0 atom stereocenters. The lowest BCUT2D eigenvalue weighted by molar-refractivity contribution is 0.1000. The van der Waals surface area contributed by atoms with Crippen LogP contribution in [0.1, 0.15) is 42.0 Å². The van der Waals surface area contributed by atoms with Gasteiger partial charge in [-0.15, -0.1) is 0 Å². The number of carbonyl (C=O) groups is 1. The Morgan fingerprint density at radius 1 is 1.22 bits per heavy atom. The van der Waals surface area contributed by atoms with Crippen LogP contribution < -0.4 is 15.2 Å². The number of hydrogen-bond acceptors (Lipinski definition) is 4. The molecule has 1 aliphatic heterocycles. The van der Waals surface area contributed by atoms with Crippen molar-refractivity contribution in [1.82, 2.24) is 4.57 Å². The molecule has 6 nitrogen and oxygen atoms in total. The number of primary amides is 1. The summed E-state index contributed by atoms with van der Waals surface area (Å²) in [6, 6.07) is 5.81. The maximum atomic E-state index is 12.3. The van der Waals surface area contributed by atoms with Crippen LogP contribution in [0.25, 0.3) is 11.1 Å². The Kier molecular flexibility index (Phi) is 6.06. The Morgan fingerprint density at radius 3 is 2.63 bits per heavy atom. The van der Waals surface area contributed by atoms with E-state index in [9.17, 15) is 4.79 Å². The van der Waals surface area contributed by atoms with E-state index in [1.165, 1.54) is 0 Å². The van der Waals surface area contributed by atoms with Gasteiger partial charge in [0.25, 0.3) is 5.91 Å².